The zero-order valence-corrected chi connectivity index (χ0v) is 16.9. The molecule has 3 aliphatic rings. The van der Waals surface area contributed by atoms with E-state index >= 15 is 0 Å². The molecule has 7 nitrogen and oxygen atoms in total. The molecule has 1 aromatic heterocycles. The highest BCUT2D eigenvalue weighted by Crippen LogP contribution is 2.26. The molecule has 1 aliphatic carbocycles. The van der Waals surface area contributed by atoms with Gasteiger partial charge in [-0.15, -0.1) is 0 Å². The van der Waals surface area contributed by atoms with Gasteiger partial charge < -0.3 is 9.80 Å². The summed E-state index contributed by atoms with van der Waals surface area (Å²) in [5.41, 5.74) is 3.84. The van der Waals surface area contributed by atoms with E-state index in [9.17, 15) is 9.59 Å². The molecule has 0 bridgehead atoms. The average Bonchev–Trinajstić information content (AvgIpc) is 3.28. The van der Waals surface area contributed by atoms with Gasteiger partial charge in [-0.25, -0.2) is 0 Å². The van der Waals surface area contributed by atoms with Crippen molar-refractivity contribution in [3.8, 4) is 0 Å². The molecule has 0 saturated carbocycles. The first-order valence-corrected chi connectivity index (χ1v) is 10.5. The van der Waals surface area contributed by atoms with Crippen LogP contribution >= 0.6 is 0 Å². The largest absolute Gasteiger partial charge is 0.339 e. The van der Waals surface area contributed by atoms with Gasteiger partial charge >= 0.3 is 0 Å². The van der Waals surface area contributed by atoms with Crippen LogP contribution in [-0.2, 0) is 19.4 Å². The summed E-state index contributed by atoms with van der Waals surface area (Å²) in [6.07, 6.45) is 3.18. The monoisotopic (exact) mass is 393 g/mol. The number of likely N-dealkylation sites (N-methyl/N-ethyl adjacent to an activating group) is 1. The van der Waals surface area contributed by atoms with E-state index in [2.05, 4.69) is 34.3 Å². The summed E-state index contributed by atoms with van der Waals surface area (Å²) < 4.78 is 1.68. The van der Waals surface area contributed by atoms with Crippen LogP contribution < -0.4 is 0 Å². The topological polar surface area (TPSA) is 61.7 Å². The van der Waals surface area contributed by atoms with Crippen molar-refractivity contribution in [1.29, 1.82) is 0 Å². The maximum atomic E-state index is 13.1. The molecule has 5 rings (SSSR count). The summed E-state index contributed by atoms with van der Waals surface area (Å²) >= 11 is 0. The van der Waals surface area contributed by atoms with E-state index in [4.69, 9.17) is 0 Å². The summed E-state index contributed by atoms with van der Waals surface area (Å²) in [6, 6.07) is 10.9. The summed E-state index contributed by atoms with van der Waals surface area (Å²) in [6.45, 7) is 4.63. The second-order valence-electron chi connectivity index (χ2n) is 8.38. The predicted molar refractivity (Wildman–Crippen MR) is 109 cm³/mol. The summed E-state index contributed by atoms with van der Waals surface area (Å²) in [7, 11) is 1.78. The van der Waals surface area contributed by atoms with Gasteiger partial charge in [0.1, 0.15) is 5.69 Å². The highest BCUT2D eigenvalue weighted by atomic mass is 16.2. The lowest BCUT2D eigenvalue weighted by atomic mass is 10.1. The Labute approximate surface area is 170 Å². The Kier molecular flexibility index (Phi) is 4.62. The maximum absolute atomic E-state index is 13.1. The van der Waals surface area contributed by atoms with E-state index in [0.717, 1.165) is 38.9 Å². The highest BCUT2D eigenvalue weighted by molar-refractivity contribution is 5.98. The van der Waals surface area contributed by atoms with Crippen molar-refractivity contribution in [3.05, 3.63) is 52.8 Å². The number of fused-ring (bicyclic) bond motifs is 2. The number of benzene rings is 1. The molecule has 152 valence electrons. The van der Waals surface area contributed by atoms with Gasteiger partial charge in [0.2, 0.25) is 0 Å². The molecule has 1 saturated heterocycles. The second-order valence-corrected chi connectivity index (χ2v) is 8.38. The van der Waals surface area contributed by atoms with Crippen LogP contribution in [0.25, 0.3) is 0 Å². The lowest BCUT2D eigenvalue weighted by Gasteiger charge is -2.27. The summed E-state index contributed by atoms with van der Waals surface area (Å²) in [5.74, 6) is -0.121. The Balaban J connectivity index is 1.25. The third-order valence-electron chi connectivity index (χ3n) is 6.58. The molecule has 0 atom stereocenters. The Morgan fingerprint density at radius 3 is 2.52 bits per heavy atom. The zero-order valence-electron chi connectivity index (χ0n) is 16.9. The van der Waals surface area contributed by atoms with Gasteiger partial charge in [0.25, 0.3) is 11.8 Å². The van der Waals surface area contributed by atoms with E-state index in [0.29, 0.717) is 37.1 Å². The van der Waals surface area contributed by atoms with Crippen molar-refractivity contribution in [1.82, 2.24) is 24.5 Å². The molecule has 0 unspecified atom stereocenters. The number of carbonyl (C=O) groups excluding carboxylic acids is 2. The Morgan fingerprint density at radius 1 is 1.00 bits per heavy atom. The summed E-state index contributed by atoms with van der Waals surface area (Å²) in [5, 5.41) is 4.43. The number of rotatable bonds is 2. The minimum absolute atomic E-state index is 0.0566. The van der Waals surface area contributed by atoms with Crippen LogP contribution in [0.2, 0.25) is 0 Å². The minimum atomic E-state index is -0.0642. The van der Waals surface area contributed by atoms with Crippen molar-refractivity contribution in [3.63, 3.8) is 0 Å². The third-order valence-corrected chi connectivity index (χ3v) is 6.58. The second kappa shape index (κ2) is 7.30. The first-order valence-electron chi connectivity index (χ1n) is 10.5. The predicted octanol–water partition coefficient (Wildman–Crippen LogP) is 1.28. The third kappa shape index (κ3) is 3.33. The molecule has 7 heteroatoms. The van der Waals surface area contributed by atoms with Gasteiger partial charge in [-0.3, -0.25) is 19.2 Å². The van der Waals surface area contributed by atoms with Crippen molar-refractivity contribution >= 4 is 11.8 Å². The van der Waals surface area contributed by atoms with Crippen LogP contribution in [0.4, 0.5) is 0 Å². The molecule has 1 aromatic carbocycles. The minimum Gasteiger partial charge on any atom is -0.339 e. The van der Waals surface area contributed by atoms with Gasteiger partial charge in [-0.05, 0) is 30.4 Å². The van der Waals surface area contributed by atoms with Crippen LogP contribution in [0.5, 0.6) is 0 Å². The quantitative estimate of drug-likeness (QED) is 0.771. The number of hydrogen-bond acceptors (Lipinski definition) is 4. The fourth-order valence-electron chi connectivity index (χ4n) is 4.87. The van der Waals surface area contributed by atoms with Crippen molar-refractivity contribution in [2.75, 3.05) is 39.8 Å². The van der Waals surface area contributed by atoms with Crippen molar-refractivity contribution in [2.24, 2.45) is 0 Å². The maximum Gasteiger partial charge on any atom is 0.274 e. The highest BCUT2D eigenvalue weighted by Gasteiger charge is 2.31. The van der Waals surface area contributed by atoms with Gasteiger partial charge in [0, 0.05) is 51.9 Å². The number of amides is 2. The van der Waals surface area contributed by atoms with Crippen LogP contribution in [0.3, 0.4) is 0 Å². The normalized spacial score (nSPS) is 20.5. The van der Waals surface area contributed by atoms with Crippen LogP contribution in [0, 0.1) is 0 Å². The molecule has 2 aliphatic heterocycles. The fourth-order valence-corrected chi connectivity index (χ4v) is 4.87. The van der Waals surface area contributed by atoms with Gasteiger partial charge in [-0.2, -0.15) is 5.10 Å². The van der Waals surface area contributed by atoms with E-state index in [1.54, 1.807) is 22.7 Å². The van der Waals surface area contributed by atoms with Gasteiger partial charge in [0.15, 0.2) is 5.69 Å². The lowest BCUT2D eigenvalue weighted by molar-refractivity contribution is 0.0733. The standard InChI is InChI=1S/C22H27N5O2/c1-24-9-12-27-20(22(24)29)15-19(23-27)21(28)26-8-4-7-25(10-11-26)18-13-16-5-2-3-6-17(16)14-18/h2-3,5-6,15,18H,4,7-14H2,1H3. The molecule has 2 amide bonds. The molecule has 0 N–H and O–H groups in total. The van der Waals surface area contributed by atoms with Gasteiger partial charge in [-0.1, -0.05) is 24.3 Å². The smallest absolute Gasteiger partial charge is 0.274 e. The molecule has 2 aromatic rings. The van der Waals surface area contributed by atoms with Crippen molar-refractivity contribution in [2.45, 2.75) is 31.8 Å². The first kappa shape index (κ1) is 18.4. The molecule has 0 radical (unpaired) electrons. The van der Waals surface area contributed by atoms with E-state index in [1.807, 2.05) is 4.90 Å². The van der Waals surface area contributed by atoms with E-state index in [1.165, 1.54) is 11.1 Å². The molecule has 1 fully saturated rings. The number of aromatic nitrogens is 2. The average molecular weight is 393 g/mol. The van der Waals surface area contributed by atoms with Crippen molar-refractivity contribution < 1.29 is 9.59 Å². The molecule has 29 heavy (non-hydrogen) atoms. The number of hydrogen-bond donors (Lipinski definition) is 0. The van der Waals surface area contributed by atoms with Crippen LogP contribution in [0.1, 0.15) is 38.5 Å². The van der Waals surface area contributed by atoms with Crippen LogP contribution in [0.15, 0.2) is 30.3 Å². The number of carbonyl (C=O) groups is 2. The lowest BCUT2D eigenvalue weighted by Crippen LogP contribution is -2.40. The van der Waals surface area contributed by atoms with Gasteiger partial charge in [0.05, 0.1) is 6.54 Å². The number of nitrogens with zero attached hydrogens (tertiary/aromatic N) is 5. The fraction of sp³-hybridized carbons (Fsp3) is 0.500. The molecule has 0 spiro atoms. The van der Waals surface area contributed by atoms with E-state index in [-0.39, 0.29) is 11.8 Å². The van der Waals surface area contributed by atoms with E-state index < -0.39 is 0 Å². The molecular weight excluding hydrogens is 366 g/mol. The molecule has 3 heterocycles. The Bertz CT molecular complexity index is 927. The van der Waals surface area contributed by atoms with Crippen LogP contribution in [-0.4, -0.2) is 82.1 Å². The Morgan fingerprint density at radius 2 is 1.76 bits per heavy atom. The Hall–Kier alpha value is -2.67. The molecular formula is C22H27N5O2. The zero-order chi connectivity index (χ0) is 20.0. The summed E-state index contributed by atoms with van der Waals surface area (Å²) in [4.78, 5) is 31.5. The SMILES string of the molecule is CN1CCn2nc(C(=O)N3CCCN(C4Cc5ccccc5C4)CC3)cc2C1=O. The first-order chi connectivity index (χ1) is 14.1.